The van der Waals surface area contributed by atoms with E-state index in [9.17, 15) is 5.11 Å². The molecule has 0 amide bonds. The van der Waals surface area contributed by atoms with Crippen molar-refractivity contribution in [3.05, 3.63) is 47.5 Å². The van der Waals surface area contributed by atoms with Crippen LogP contribution in [0.5, 0.6) is 0 Å². The molecule has 14 heavy (non-hydrogen) atoms. The molecule has 0 radical (unpaired) electrons. The van der Waals surface area contributed by atoms with Crippen LogP contribution in [0.2, 0.25) is 0 Å². The minimum Gasteiger partial charge on any atom is -0.388 e. The van der Waals surface area contributed by atoms with Gasteiger partial charge in [0, 0.05) is 0 Å². The summed E-state index contributed by atoms with van der Waals surface area (Å²) in [5, 5.41) is 18.3. The van der Waals surface area contributed by atoms with Gasteiger partial charge in [0.2, 0.25) is 0 Å². The van der Waals surface area contributed by atoms with Crippen molar-refractivity contribution in [2.45, 2.75) is 19.4 Å². The van der Waals surface area contributed by atoms with Gasteiger partial charge in [-0.05, 0) is 31.0 Å². The lowest BCUT2D eigenvalue weighted by molar-refractivity contribution is 0.181. The maximum absolute atomic E-state index is 9.68. The van der Waals surface area contributed by atoms with Gasteiger partial charge in [-0.1, -0.05) is 24.3 Å². The number of aliphatic hydroxyl groups is 1. The molecule has 0 aliphatic heterocycles. The summed E-state index contributed by atoms with van der Waals surface area (Å²) >= 11 is 0. The van der Waals surface area contributed by atoms with E-state index in [1.807, 2.05) is 25.1 Å². The number of nitriles is 1. The van der Waals surface area contributed by atoms with Crippen molar-refractivity contribution in [1.29, 1.82) is 5.26 Å². The molecule has 0 aliphatic rings. The molecule has 1 aromatic carbocycles. The third-order valence-corrected chi connectivity index (χ3v) is 2.02. The lowest BCUT2D eigenvalue weighted by atomic mass is 10.0. The Bertz CT molecular complexity index is 346. The zero-order chi connectivity index (χ0) is 10.4. The Hall–Kier alpha value is -1.59. The molecule has 1 rings (SSSR count). The van der Waals surface area contributed by atoms with Crippen LogP contribution >= 0.6 is 0 Å². The number of rotatable bonds is 3. The Morgan fingerprint density at radius 1 is 1.43 bits per heavy atom. The van der Waals surface area contributed by atoms with E-state index in [0.29, 0.717) is 12.0 Å². The monoisotopic (exact) mass is 187 g/mol. The van der Waals surface area contributed by atoms with Gasteiger partial charge in [-0.15, -0.1) is 0 Å². The molecule has 0 fully saturated rings. The lowest BCUT2D eigenvalue weighted by Gasteiger charge is -2.07. The molecule has 0 aromatic heterocycles. The zero-order valence-corrected chi connectivity index (χ0v) is 8.14. The quantitative estimate of drug-likeness (QED) is 0.739. The predicted molar refractivity (Wildman–Crippen MR) is 55.5 cm³/mol. The van der Waals surface area contributed by atoms with Crippen LogP contribution in [-0.2, 0) is 0 Å². The summed E-state index contributed by atoms with van der Waals surface area (Å²) in [6.45, 7) is 1.92. The number of nitrogens with zero attached hydrogens (tertiary/aromatic N) is 1. The van der Waals surface area contributed by atoms with E-state index in [-0.39, 0.29) is 0 Å². The SMILES string of the molecule is C/C=C/CC(O)c1ccc(C#N)cc1. The fourth-order valence-electron chi connectivity index (χ4n) is 1.18. The number of allylic oxidation sites excluding steroid dienone is 1. The smallest absolute Gasteiger partial charge is 0.0991 e. The second-order valence-electron chi connectivity index (χ2n) is 3.05. The molecule has 0 aliphatic carbocycles. The molecule has 0 spiro atoms. The van der Waals surface area contributed by atoms with E-state index in [2.05, 4.69) is 0 Å². The van der Waals surface area contributed by atoms with Crippen LogP contribution in [0.3, 0.4) is 0 Å². The van der Waals surface area contributed by atoms with E-state index in [1.165, 1.54) is 0 Å². The summed E-state index contributed by atoms with van der Waals surface area (Å²) in [7, 11) is 0. The highest BCUT2D eigenvalue weighted by molar-refractivity contribution is 5.32. The third-order valence-electron chi connectivity index (χ3n) is 2.02. The lowest BCUT2D eigenvalue weighted by Crippen LogP contribution is -1.95. The number of hydrogen-bond acceptors (Lipinski definition) is 2. The molecular weight excluding hydrogens is 174 g/mol. The van der Waals surface area contributed by atoms with E-state index in [4.69, 9.17) is 5.26 Å². The van der Waals surface area contributed by atoms with Crippen LogP contribution in [0.15, 0.2) is 36.4 Å². The molecule has 0 heterocycles. The summed E-state index contributed by atoms with van der Waals surface area (Å²) < 4.78 is 0. The van der Waals surface area contributed by atoms with Crippen molar-refractivity contribution in [3.63, 3.8) is 0 Å². The van der Waals surface area contributed by atoms with E-state index in [0.717, 1.165) is 5.56 Å². The predicted octanol–water partition coefficient (Wildman–Crippen LogP) is 2.56. The van der Waals surface area contributed by atoms with E-state index < -0.39 is 6.10 Å². The highest BCUT2D eigenvalue weighted by atomic mass is 16.3. The molecule has 2 nitrogen and oxygen atoms in total. The molecular formula is C12H13NO. The summed E-state index contributed by atoms with van der Waals surface area (Å²) in [6, 6.07) is 9.04. The van der Waals surface area contributed by atoms with Crippen molar-refractivity contribution >= 4 is 0 Å². The largest absolute Gasteiger partial charge is 0.388 e. The summed E-state index contributed by atoms with van der Waals surface area (Å²) in [5.41, 5.74) is 1.47. The average molecular weight is 187 g/mol. The second-order valence-corrected chi connectivity index (χ2v) is 3.05. The van der Waals surface area contributed by atoms with Gasteiger partial charge in [-0.2, -0.15) is 5.26 Å². The summed E-state index contributed by atoms with van der Waals surface area (Å²) in [6.07, 6.45) is 3.97. The first-order valence-corrected chi connectivity index (χ1v) is 4.57. The van der Waals surface area contributed by atoms with Crippen LogP contribution in [0.4, 0.5) is 0 Å². The number of hydrogen-bond donors (Lipinski definition) is 1. The van der Waals surface area contributed by atoms with Gasteiger partial charge in [-0.25, -0.2) is 0 Å². The first-order valence-electron chi connectivity index (χ1n) is 4.57. The second kappa shape index (κ2) is 5.21. The Kier molecular flexibility index (Phi) is 3.90. The summed E-state index contributed by atoms with van der Waals surface area (Å²) in [4.78, 5) is 0. The van der Waals surface area contributed by atoms with Crippen molar-refractivity contribution in [2.75, 3.05) is 0 Å². The van der Waals surface area contributed by atoms with Gasteiger partial charge < -0.3 is 5.11 Å². The molecule has 1 aromatic rings. The summed E-state index contributed by atoms with van der Waals surface area (Å²) in [5.74, 6) is 0. The van der Waals surface area contributed by atoms with Gasteiger partial charge >= 0.3 is 0 Å². The van der Waals surface area contributed by atoms with Crippen LogP contribution in [-0.4, -0.2) is 5.11 Å². The Balaban J connectivity index is 2.72. The molecule has 1 atom stereocenters. The Morgan fingerprint density at radius 3 is 2.57 bits per heavy atom. The van der Waals surface area contributed by atoms with Crippen molar-refractivity contribution < 1.29 is 5.11 Å². The molecule has 1 unspecified atom stereocenters. The molecule has 0 saturated heterocycles. The van der Waals surface area contributed by atoms with E-state index >= 15 is 0 Å². The maximum atomic E-state index is 9.68. The van der Waals surface area contributed by atoms with Crippen molar-refractivity contribution in [3.8, 4) is 6.07 Å². The average Bonchev–Trinajstić information content (AvgIpc) is 2.26. The van der Waals surface area contributed by atoms with Gasteiger partial charge in [-0.3, -0.25) is 0 Å². The van der Waals surface area contributed by atoms with Crippen molar-refractivity contribution in [1.82, 2.24) is 0 Å². The minimum absolute atomic E-state index is 0.473. The van der Waals surface area contributed by atoms with Crippen LogP contribution in [0.1, 0.15) is 30.6 Å². The zero-order valence-electron chi connectivity index (χ0n) is 8.14. The highest BCUT2D eigenvalue weighted by Gasteiger charge is 2.04. The maximum Gasteiger partial charge on any atom is 0.0991 e. The highest BCUT2D eigenvalue weighted by Crippen LogP contribution is 2.17. The molecule has 72 valence electrons. The normalized spacial score (nSPS) is 12.6. The van der Waals surface area contributed by atoms with Crippen LogP contribution < -0.4 is 0 Å². The first kappa shape index (κ1) is 10.5. The molecule has 1 N–H and O–H groups in total. The van der Waals surface area contributed by atoms with E-state index in [1.54, 1.807) is 24.3 Å². The number of benzene rings is 1. The molecule has 0 saturated carbocycles. The fraction of sp³-hybridized carbons (Fsp3) is 0.250. The van der Waals surface area contributed by atoms with Gasteiger partial charge in [0.05, 0.1) is 17.7 Å². The third kappa shape index (κ3) is 2.72. The molecule has 2 heteroatoms. The first-order chi connectivity index (χ1) is 6.77. The van der Waals surface area contributed by atoms with Crippen molar-refractivity contribution in [2.24, 2.45) is 0 Å². The standard InChI is InChI=1S/C12H13NO/c1-2-3-4-12(14)11-7-5-10(9-13)6-8-11/h2-3,5-8,12,14H,4H2,1H3/b3-2+. The van der Waals surface area contributed by atoms with Crippen LogP contribution in [0.25, 0.3) is 0 Å². The van der Waals surface area contributed by atoms with Gasteiger partial charge in [0.25, 0.3) is 0 Å². The van der Waals surface area contributed by atoms with Crippen LogP contribution in [0, 0.1) is 11.3 Å². The molecule has 0 bridgehead atoms. The number of aliphatic hydroxyl groups excluding tert-OH is 1. The Labute approximate surface area is 84.1 Å². The van der Waals surface area contributed by atoms with Gasteiger partial charge in [0.15, 0.2) is 0 Å². The topological polar surface area (TPSA) is 44.0 Å². The Morgan fingerprint density at radius 2 is 2.07 bits per heavy atom. The minimum atomic E-state index is -0.473. The van der Waals surface area contributed by atoms with Gasteiger partial charge in [0.1, 0.15) is 0 Å². The fourth-order valence-corrected chi connectivity index (χ4v) is 1.18.